The third kappa shape index (κ3) is 5.13. The normalized spacial score (nSPS) is 11.9. The van der Waals surface area contributed by atoms with Crippen molar-refractivity contribution in [3.8, 4) is 22.9 Å². The Hall–Kier alpha value is -4.43. The molecule has 0 N–H and O–H groups in total. The van der Waals surface area contributed by atoms with Gasteiger partial charge in [-0.1, -0.05) is 49.1 Å². The van der Waals surface area contributed by atoms with Crippen molar-refractivity contribution in [2.45, 2.75) is 19.3 Å². The summed E-state index contributed by atoms with van der Waals surface area (Å²) < 4.78 is 42.0. The van der Waals surface area contributed by atoms with E-state index >= 15 is 0 Å². The quantitative estimate of drug-likeness (QED) is 0.240. The fraction of sp³-hybridized carbons (Fsp3) is 0.107. The number of halogens is 2. The Morgan fingerprint density at radius 3 is 2.58 bits per heavy atom. The molecular formula is C28H22F2N4O2. The molecule has 0 spiro atoms. The lowest BCUT2D eigenvalue weighted by Crippen LogP contribution is -2.14. The van der Waals surface area contributed by atoms with E-state index in [1.165, 1.54) is 12.1 Å². The van der Waals surface area contributed by atoms with Crippen LogP contribution in [0.5, 0.6) is 0 Å². The second-order valence-corrected chi connectivity index (χ2v) is 8.13. The Bertz CT molecular complexity index is 1470. The van der Waals surface area contributed by atoms with Crippen LogP contribution in [-0.4, -0.2) is 19.7 Å². The van der Waals surface area contributed by atoms with Gasteiger partial charge in [-0.25, -0.2) is 13.8 Å². The lowest BCUT2D eigenvalue weighted by Gasteiger charge is -2.20. The molecule has 180 valence electrons. The first kappa shape index (κ1) is 23.3. The Morgan fingerprint density at radius 2 is 1.83 bits per heavy atom. The van der Waals surface area contributed by atoms with Gasteiger partial charge >= 0.3 is 0 Å². The summed E-state index contributed by atoms with van der Waals surface area (Å²) in [5.41, 5.74) is 3.42. The first-order valence-corrected chi connectivity index (χ1v) is 11.3. The first-order valence-electron chi connectivity index (χ1n) is 11.3. The molecule has 0 amide bonds. The van der Waals surface area contributed by atoms with Crippen molar-refractivity contribution >= 4 is 6.08 Å². The summed E-state index contributed by atoms with van der Waals surface area (Å²) in [7, 11) is 0. The van der Waals surface area contributed by atoms with Crippen LogP contribution in [0.1, 0.15) is 22.8 Å². The zero-order valence-electron chi connectivity index (χ0n) is 19.2. The highest BCUT2D eigenvalue weighted by molar-refractivity contribution is 5.70. The predicted octanol–water partition coefficient (Wildman–Crippen LogP) is 6.48. The van der Waals surface area contributed by atoms with Gasteiger partial charge in [0.2, 0.25) is 11.8 Å². The van der Waals surface area contributed by atoms with E-state index < -0.39 is 17.7 Å². The summed E-state index contributed by atoms with van der Waals surface area (Å²) in [6, 6.07) is 18.6. The number of rotatable bonds is 9. The van der Waals surface area contributed by atoms with Crippen molar-refractivity contribution < 1.29 is 17.9 Å². The molecule has 0 aliphatic rings. The van der Waals surface area contributed by atoms with E-state index in [0.29, 0.717) is 23.9 Å². The van der Waals surface area contributed by atoms with Crippen LogP contribution in [0, 0.1) is 11.6 Å². The molecular weight excluding hydrogens is 462 g/mol. The van der Waals surface area contributed by atoms with Gasteiger partial charge in [-0.3, -0.25) is 0 Å². The molecule has 0 aliphatic carbocycles. The van der Waals surface area contributed by atoms with Crippen molar-refractivity contribution in [1.82, 2.24) is 19.7 Å². The van der Waals surface area contributed by atoms with Gasteiger partial charge < -0.3 is 13.7 Å². The van der Waals surface area contributed by atoms with Crippen molar-refractivity contribution in [2.24, 2.45) is 0 Å². The Balaban J connectivity index is 1.41. The van der Waals surface area contributed by atoms with Crippen molar-refractivity contribution in [3.63, 3.8) is 0 Å². The molecule has 8 heteroatoms. The molecule has 0 aliphatic heterocycles. The van der Waals surface area contributed by atoms with Gasteiger partial charge in [0.25, 0.3) is 0 Å². The molecule has 5 rings (SSSR count). The maximum Gasteiger partial charge on any atom is 0.248 e. The van der Waals surface area contributed by atoms with Gasteiger partial charge in [0.15, 0.2) is 0 Å². The molecule has 0 radical (unpaired) electrons. The van der Waals surface area contributed by atoms with Crippen LogP contribution in [0.4, 0.5) is 8.78 Å². The number of ether oxygens (including phenoxy) is 1. The number of nitrogens with zero attached hydrogens (tertiary/aromatic N) is 4. The minimum absolute atomic E-state index is 0.167. The lowest BCUT2D eigenvalue weighted by molar-refractivity contribution is 0.0256. The van der Waals surface area contributed by atoms with Gasteiger partial charge in [0.1, 0.15) is 17.7 Å². The smallest absolute Gasteiger partial charge is 0.248 e. The second kappa shape index (κ2) is 10.5. The summed E-state index contributed by atoms with van der Waals surface area (Å²) in [5, 5.41) is 8.40. The standard InChI is InChI=1S/C28H22F2N4O2/c1-2-20-9-8-19(14-24(20)28-33-32-27(36-28)21-6-4-3-5-7-21)17-35-26(16-34-13-12-31-18-34)23-11-10-22(29)15-25(23)30/h2-15,18,26H,1,16-17H2. The fourth-order valence-corrected chi connectivity index (χ4v) is 3.87. The van der Waals surface area contributed by atoms with Crippen LogP contribution in [0.15, 0.2) is 96.4 Å². The fourth-order valence-electron chi connectivity index (χ4n) is 3.87. The minimum Gasteiger partial charge on any atom is -0.416 e. The molecule has 3 aromatic carbocycles. The van der Waals surface area contributed by atoms with Gasteiger partial charge in [0, 0.05) is 35.2 Å². The monoisotopic (exact) mass is 484 g/mol. The van der Waals surface area contributed by atoms with E-state index in [4.69, 9.17) is 9.15 Å². The van der Waals surface area contributed by atoms with Gasteiger partial charge in [-0.15, -0.1) is 10.2 Å². The van der Waals surface area contributed by atoms with E-state index in [2.05, 4.69) is 21.8 Å². The molecule has 6 nitrogen and oxygen atoms in total. The summed E-state index contributed by atoms with van der Waals surface area (Å²) >= 11 is 0. The van der Waals surface area contributed by atoms with Gasteiger partial charge in [-0.05, 0) is 35.4 Å². The maximum absolute atomic E-state index is 14.6. The highest BCUT2D eigenvalue weighted by Gasteiger charge is 2.19. The molecule has 0 bridgehead atoms. The molecule has 2 aromatic heterocycles. The SMILES string of the molecule is C=Cc1ccc(COC(Cn2ccnc2)c2ccc(F)cc2F)cc1-c1nnc(-c2ccccc2)o1. The van der Waals surface area contributed by atoms with Crippen LogP contribution >= 0.6 is 0 Å². The largest absolute Gasteiger partial charge is 0.416 e. The molecule has 1 unspecified atom stereocenters. The van der Waals surface area contributed by atoms with Crippen molar-refractivity contribution in [1.29, 1.82) is 0 Å². The lowest BCUT2D eigenvalue weighted by atomic mass is 10.0. The number of hydrogen-bond donors (Lipinski definition) is 0. The zero-order chi connectivity index (χ0) is 24.9. The van der Waals surface area contributed by atoms with Gasteiger partial charge in [-0.2, -0.15) is 0 Å². The van der Waals surface area contributed by atoms with Crippen LogP contribution in [0.25, 0.3) is 29.0 Å². The summed E-state index contributed by atoms with van der Waals surface area (Å²) in [6.45, 7) is 4.36. The molecule has 36 heavy (non-hydrogen) atoms. The number of aromatic nitrogens is 4. The van der Waals surface area contributed by atoms with Gasteiger partial charge in [0.05, 0.1) is 19.5 Å². The van der Waals surface area contributed by atoms with Crippen LogP contribution < -0.4 is 0 Å². The van der Waals surface area contributed by atoms with Crippen LogP contribution in [0.2, 0.25) is 0 Å². The Kier molecular flexibility index (Phi) is 6.77. The predicted molar refractivity (Wildman–Crippen MR) is 131 cm³/mol. The molecule has 0 fully saturated rings. The summed E-state index contributed by atoms with van der Waals surface area (Å²) in [4.78, 5) is 4.03. The number of benzene rings is 3. The van der Waals surface area contributed by atoms with E-state index in [0.717, 1.165) is 22.8 Å². The third-order valence-corrected chi connectivity index (χ3v) is 5.71. The van der Waals surface area contributed by atoms with Crippen LogP contribution in [-0.2, 0) is 17.9 Å². The molecule has 5 aromatic rings. The zero-order valence-corrected chi connectivity index (χ0v) is 19.2. The molecule has 0 saturated heterocycles. The number of hydrogen-bond acceptors (Lipinski definition) is 5. The second-order valence-electron chi connectivity index (χ2n) is 8.13. The van der Waals surface area contributed by atoms with E-state index in [1.54, 1.807) is 29.4 Å². The molecule has 2 heterocycles. The summed E-state index contributed by atoms with van der Waals surface area (Å²) in [6.07, 6.45) is 6.05. The Labute approximate surface area is 206 Å². The highest BCUT2D eigenvalue weighted by atomic mass is 19.1. The molecule has 0 saturated carbocycles. The average molecular weight is 485 g/mol. The van der Waals surface area contributed by atoms with Crippen molar-refractivity contribution in [3.05, 3.63) is 120 Å². The van der Waals surface area contributed by atoms with Crippen molar-refractivity contribution in [2.75, 3.05) is 0 Å². The molecule has 1 atom stereocenters. The highest BCUT2D eigenvalue weighted by Crippen LogP contribution is 2.30. The first-order chi connectivity index (χ1) is 17.6. The van der Waals surface area contributed by atoms with E-state index in [-0.39, 0.29) is 12.2 Å². The van der Waals surface area contributed by atoms with E-state index in [9.17, 15) is 8.78 Å². The van der Waals surface area contributed by atoms with Crippen LogP contribution in [0.3, 0.4) is 0 Å². The third-order valence-electron chi connectivity index (χ3n) is 5.71. The minimum atomic E-state index is -0.671. The average Bonchev–Trinajstić information content (AvgIpc) is 3.60. The van der Waals surface area contributed by atoms with E-state index in [1.807, 2.05) is 48.5 Å². The number of imidazole rings is 1. The topological polar surface area (TPSA) is 66.0 Å². The summed E-state index contributed by atoms with van der Waals surface area (Å²) in [5.74, 6) is -0.543. The Morgan fingerprint density at radius 1 is 1.00 bits per heavy atom. The maximum atomic E-state index is 14.6.